The largest absolute Gasteiger partial charge is 0.464 e. The quantitative estimate of drug-likeness (QED) is 0.860. The monoisotopic (exact) mass is 266 g/mol. The number of aryl methyl sites for hydroxylation is 1. The second kappa shape index (κ2) is 6.75. The Morgan fingerprint density at radius 2 is 1.95 bits per heavy atom. The Hall–Kier alpha value is -1.29. The van der Waals surface area contributed by atoms with E-state index in [1.807, 2.05) is 51.7 Å². The minimum absolute atomic E-state index is 0.113. The van der Waals surface area contributed by atoms with E-state index in [-0.39, 0.29) is 23.8 Å². The van der Waals surface area contributed by atoms with Crippen molar-refractivity contribution in [2.24, 2.45) is 17.6 Å². The van der Waals surface area contributed by atoms with Gasteiger partial charge in [-0.05, 0) is 38.8 Å². The number of nitrogens with two attached hydrogens (primary N) is 1. The van der Waals surface area contributed by atoms with Gasteiger partial charge in [0.05, 0.1) is 12.5 Å². The van der Waals surface area contributed by atoms with Gasteiger partial charge in [0.25, 0.3) is 0 Å². The molecule has 0 aliphatic rings. The predicted molar refractivity (Wildman–Crippen MR) is 76.5 cm³/mol. The van der Waals surface area contributed by atoms with Crippen molar-refractivity contribution in [3.05, 3.63) is 23.7 Å². The molecule has 0 radical (unpaired) electrons. The van der Waals surface area contributed by atoms with Crippen LogP contribution in [0.5, 0.6) is 0 Å². The highest BCUT2D eigenvalue weighted by Crippen LogP contribution is 2.18. The highest BCUT2D eigenvalue weighted by molar-refractivity contribution is 5.79. The van der Waals surface area contributed by atoms with Crippen molar-refractivity contribution in [3.8, 4) is 0 Å². The maximum absolute atomic E-state index is 12.6. The average Bonchev–Trinajstić information content (AvgIpc) is 2.71. The molecular weight excluding hydrogens is 240 g/mol. The Bertz CT molecular complexity index is 410. The number of rotatable bonds is 6. The molecule has 2 N–H and O–H groups in total. The molecule has 4 heteroatoms. The molecule has 1 aromatic heterocycles. The van der Waals surface area contributed by atoms with Gasteiger partial charge in [-0.15, -0.1) is 0 Å². The van der Waals surface area contributed by atoms with Gasteiger partial charge in [-0.3, -0.25) is 4.79 Å². The van der Waals surface area contributed by atoms with Gasteiger partial charge in [-0.1, -0.05) is 13.8 Å². The average molecular weight is 266 g/mol. The Balaban J connectivity index is 2.85. The van der Waals surface area contributed by atoms with Gasteiger partial charge in [0.15, 0.2) is 0 Å². The summed E-state index contributed by atoms with van der Waals surface area (Å²) in [5.74, 6) is 1.92. The summed E-state index contributed by atoms with van der Waals surface area (Å²) in [4.78, 5) is 14.4. The van der Waals surface area contributed by atoms with Crippen LogP contribution in [0.15, 0.2) is 16.5 Å². The lowest BCUT2D eigenvalue weighted by Crippen LogP contribution is -2.44. The Kier molecular flexibility index (Phi) is 5.60. The molecule has 1 rings (SSSR count). The second-order valence-electron chi connectivity index (χ2n) is 5.66. The smallest absolute Gasteiger partial charge is 0.227 e. The lowest BCUT2D eigenvalue weighted by molar-refractivity contribution is -0.139. The Labute approximate surface area is 116 Å². The number of carbonyl (C=O) groups excluding carboxylic acids is 1. The topological polar surface area (TPSA) is 59.5 Å². The first kappa shape index (κ1) is 15.8. The predicted octanol–water partition coefficient (Wildman–Crippen LogP) is 2.56. The first-order valence-corrected chi connectivity index (χ1v) is 6.92. The first-order valence-electron chi connectivity index (χ1n) is 6.92. The van der Waals surface area contributed by atoms with Crippen molar-refractivity contribution in [3.63, 3.8) is 0 Å². The standard InChI is InChI=1S/C15H26N2O2/c1-10(2)14(8-16)15(18)17(11(3)4)9-13-7-6-12(5)19-13/h6-7,10-11,14H,8-9,16H2,1-5H3. The molecule has 0 fully saturated rings. The van der Waals surface area contributed by atoms with E-state index >= 15 is 0 Å². The molecule has 1 heterocycles. The van der Waals surface area contributed by atoms with Gasteiger partial charge in [-0.2, -0.15) is 0 Å². The minimum atomic E-state index is -0.126. The lowest BCUT2D eigenvalue weighted by Gasteiger charge is -2.31. The van der Waals surface area contributed by atoms with Crippen molar-refractivity contribution in [1.29, 1.82) is 0 Å². The van der Waals surface area contributed by atoms with Crippen molar-refractivity contribution >= 4 is 5.91 Å². The van der Waals surface area contributed by atoms with E-state index < -0.39 is 0 Å². The molecular formula is C15H26N2O2. The second-order valence-corrected chi connectivity index (χ2v) is 5.66. The summed E-state index contributed by atoms with van der Waals surface area (Å²) >= 11 is 0. The van der Waals surface area contributed by atoms with Gasteiger partial charge in [-0.25, -0.2) is 0 Å². The molecule has 1 aromatic rings. The SMILES string of the molecule is Cc1ccc(CN(C(=O)C(CN)C(C)C)C(C)C)o1. The van der Waals surface area contributed by atoms with Crippen LogP contribution in [0, 0.1) is 18.8 Å². The number of nitrogens with zero attached hydrogens (tertiary/aromatic N) is 1. The Morgan fingerprint density at radius 1 is 1.32 bits per heavy atom. The number of furan rings is 1. The zero-order chi connectivity index (χ0) is 14.6. The summed E-state index contributed by atoms with van der Waals surface area (Å²) in [6, 6.07) is 3.97. The van der Waals surface area contributed by atoms with Gasteiger partial charge in [0, 0.05) is 12.6 Å². The molecule has 1 amide bonds. The van der Waals surface area contributed by atoms with E-state index in [0.29, 0.717) is 13.1 Å². The van der Waals surface area contributed by atoms with Crippen LogP contribution in [0.25, 0.3) is 0 Å². The normalized spacial score (nSPS) is 13.1. The maximum Gasteiger partial charge on any atom is 0.227 e. The van der Waals surface area contributed by atoms with Gasteiger partial charge in [0.2, 0.25) is 5.91 Å². The third kappa shape index (κ3) is 4.10. The van der Waals surface area contributed by atoms with Crippen LogP contribution < -0.4 is 5.73 Å². The summed E-state index contributed by atoms with van der Waals surface area (Å²) in [7, 11) is 0. The van der Waals surface area contributed by atoms with Crippen molar-refractivity contribution in [1.82, 2.24) is 4.90 Å². The third-order valence-corrected chi connectivity index (χ3v) is 3.40. The molecule has 0 saturated carbocycles. The fraction of sp³-hybridized carbons (Fsp3) is 0.667. The lowest BCUT2D eigenvalue weighted by atomic mass is 9.94. The number of amides is 1. The molecule has 1 atom stereocenters. The van der Waals surface area contributed by atoms with Gasteiger partial charge < -0.3 is 15.1 Å². The summed E-state index contributed by atoms with van der Waals surface area (Å²) < 4.78 is 5.56. The molecule has 19 heavy (non-hydrogen) atoms. The molecule has 108 valence electrons. The van der Waals surface area contributed by atoms with Crippen LogP contribution in [0.2, 0.25) is 0 Å². The van der Waals surface area contributed by atoms with Crippen molar-refractivity contribution in [2.45, 2.75) is 47.2 Å². The zero-order valence-corrected chi connectivity index (χ0v) is 12.6. The number of carbonyl (C=O) groups is 1. The fourth-order valence-corrected chi connectivity index (χ4v) is 2.12. The van der Waals surface area contributed by atoms with Crippen LogP contribution in [-0.2, 0) is 11.3 Å². The molecule has 0 bridgehead atoms. The van der Waals surface area contributed by atoms with Crippen molar-refractivity contribution in [2.75, 3.05) is 6.54 Å². The van der Waals surface area contributed by atoms with E-state index in [9.17, 15) is 4.79 Å². The minimum Gasteiger partial charge on any atom is -0.464 e. The molecule has 0 aromatic carbocycles. The first-order chi connectivity index (χ1) is 8.86. The maximum atomic E-state index is 12.6. The molecule has 0 saturated heterocycles. The van der Waals surface area contributed by atoms with Gasteiger partial charge in [0.1, 0.15) is 11.5 Å². The summed E-state index contributed by atoms with van der Waals surface area (Å²) in [5.41, 5.74) is 5.74. The van der Waals surface area contributed by atoms with E-state index in [1.54, 1.807) is 0 Å². The van der Waals surface area contributed by atoms with Crippen LogP contribution in [0.1, 0.15) is 39.2 Å². The van der Waals surface area contributed by atoms with E-state index in [1.165, 1.54) is 0 Å². The molecule has 1 unspecified atom stereocenters. The summed E-state index contributed by atoms with van der Waals surface area (Å²) in [6.45, 7) is 10.9. The van der Waals surface area contributed by atoms with Crippen LogP contribution >= 0.6 is 0 Å². The van der Waals surface area contributed by atoms with Crippen LogP contribution in [-0.4, -0.2) is 23.4 Å². The van der Waals surface area contributed by atoms with Crippen LogP contribution in [0.4, 0.5) is 0 Å². The molecule has 0 aliphatic heterocycles. The summed E-state index contributed by atoms with van der Waals surface area (Å²) in [6.07, 6.45) is 0. The van der Waals surface area contributed by atoms with E-state index in [2.05, 4.69) is 0 Å². The summed E-state index contributed by atoms with van der Waals surface area (Å²) in [5, 5.41) is 0. The van der Waals surface area contributed by atoms with Crippen LogP contribution in [0.3, 0.4) is 0 Å². The number of hydrogen-bond acceptors (Lipinski definition) is 3. The van der Waals surface area contributed by atoms with Crippen molar-refractivity contribution < 1.29 is 9.21 Å². The Morgan fingerprint density at radius 3 is 2.32 bits per heavy atom. The third-order valence-electron chi connectivity index (χ3n) is 3.40. The molecule has 0 spiro atoms. The highest BCUT2D eigenvalue weighted by atomic mass is 16.3. The van der Waals surface area contributed by atoms with E-state index in [0.717, 1.165) is 11.5 Å². The zero-order valence-electron chi connectivity index (χ0n) is 12.6. The van der Waals surface area contributed by atoms with Gasteiger partial charge >= 0.3 is 0 Å². The fourth-order valence-electron chi connectivity index (χ4n) is 2.12. The van der Waals surface area contributed by atoms with E-state index in [4.69, 9.17) is 10.2 Å². The highest BCUT2D eigenvalue weighted by Gasteiger charge is 2.28. The molecule has 0 aliphatic carbocycles. The molecule has 4 nitrogen and oxygen atoms in total. The number of hydrogen-bond donors (Lipinski definition) is 1.